The molecule has 0 saturated carbocycles. The average molecular weight is 384 g/mol. The van der Waals surface area contributed by atoms with E-state index in [4.69, 9.17) is 0 Å². The summed E-state index contributed by atoms with van der Waals surface area (Å²) in [5.41, 5.74) is 2.78. The minimum Gasteiger partial charge on any atom is -0.322 e. The highest BCUT2D eigenvalue weighted by Gasteiger charge is 2.39. The first-order chi connectivity index (χ1) is 13.5. The predicted octanol–water partition coefficient (Wildman–Crippen LogP) is 0.924. The summed E-state index contributed by atoms with van der Waals surface area (Å²) in [6.07, 6.45) is 1.76. The van der Waals surface area contributed by atoms with Crippen molar-refractivity contribution in [1.82, 2.24) is 20.9 Å². The highest BCUT2D eigenvalue weighted by Crippen LogP contribution is 2.30. The van der Waals surface area contributed by atoms with Gasteiger partial charge in [-0.3, -0.25) is 19.7 Å². The Morgan fingerprint density at radius 3 is 2.79 bits per heavy atom. The van der Waals surface area contributed by atoms with Crippen LogP contribution in [0.1, 0.15) is 54.6 Å². The second-order valence-corrected chi connectivity index (χ2v) is 8.34. The van der Waals surface area contributed by atoms with Gasteiger partial charge in [0.2, 0.25) is 11.8 Å². The fourth-order valence-electron chi connectivity index (χ4n) is 4.71. The Bertz CT molecular complexity index is 807. The SMILES string of the molecule is CC(C)[C@@H]1NCC[C@H]1NCc1cccc2c1CN(C1CCC(=O)NC1=O)C2=O. The molecule has 0 bridgehead atoms. The topological polar surface area (TPSA) is 90.5 Å². The Hall–Kier alpha value is -2.25. The Kier molecular flexibility index (Phi) is 5.21. The number of nitrogens with zero attached hydrogens (tertiary/aromatic N) is 1. The third-order valence-electron chi connectivity index (χ3n) is 6.22. The summed E-state index contributed by atoms with van der Waals surface area (Å²) in [7, 11) is 0. The second-order valence-electron chi connectivity index (χ2n) is 8.34. The smallest absolute Gasteiger partial charge is 0.255 e. The average Bonchev–Trinajstić information content (AvgIpc) is 3.26. The Morgan fingerprint density at radius 2 is 2.04 bits per heavy atom. The van der Waals surface area contributed by atoms with E-state index in [1.807, 2.05) is 12.1 Å². The zero-order chi connectivity index (χ0) is 19.8. The van der Waals surface area contributed by atoms with Gasteiger partial charge in [-0.2, -0.15) is 0 Å². The number of hydrogen-bond donors (Lipinski definition) is 3. The van der Waals surface area contributed by atoms with Crippen LogP contribution in [-0.2, 0) is 22.7 Å². The minimum absolute atomic E-state index is 0.117. The molecule has 0 radical (unpaired) electrons. The first kappa shape index (κ1) is 19.1. The van der Waals surface area contributed by atoms with Gasteiger partial charge in [0.1, 0.15) is 6.04 Å². The van der Waals surface area contributed by atoms with Crippen molar-refractivity contribution in [3.63, 3.8) is 0 Å². The lowest BCUT2D eigenvalue weighted by Crippen LogP contribution is -2.52. The molecule has 0 aromatic heterocycles. The first-order valence-electron chi connectivity index (χ1n) is 10.2. The molecule has 4 rings (SSSR count). The number of imide groups is 1. The molecule has 28 heavy (non-hydrogen) atoms. The number of fused-ring (bicyclic) bond motifs is 1. The number of nitrogens with one attached hydrogen (secondary N) is 3. The van der Waals surface area contributed by atoms with Crippen molar-refractivity contribution in [3.8, 4) is 0 Å². The van der Waals surface area contributed by atoms with Crippen molar-refractivity contribution in [2.24, 2.45) is 5.92 Å². The molecular formula is C21H28N4O3. The van der Waals surface area contributed by atoms with Gasteiger partial charge in [-0.05, 0) is 42.5 Å². The minimum atomic E-state index is -0.567. The van der Waals surface area contributed by atoms with Crippen molar-refractivity contribution in [1.29, 1.82) is 0 Å². The second kappa shape index (κ2) is 7.64. The van der Waals surface area contributed by atoms with Crippen molar-refractivity contribution in [3.05, 3.63) is 34.9 Å². The molecule has 0 aliphatic carbocycles. The monoisotopic (exact) mass is 384 g/mol. The molecule has 0 spiro atoms. The maximum Gasteiger partial charge on any atom is 0.255 e. The maximum atomic E-state index is 12.9. The van der Waals surface area contributed by atoms with Crippen molar-refractivity contribution >= 4 is 17.7 Å². The molecule has 7 heteroatoms. The highest BCUT2D eigenvalue weighted by atomic mass is 16.2. The van der Waals surface area contributed by atoms with Crippen LogP contribution in [0, 0.1) is 5.92 Å². The van der Waals surface area contributed by atoms with E-state index in [1.165, 1.54) is 0 Å². The summed E-state index contributed by atoms with van der Waals surface area (Å²) in [6.45, 7) is 6.61. The van der Waals surface area contributed by atoms with Gasteiger partial charge >= 0.3 is 0 Å². The fraction of sp³-hybridized carbons (Fsp3) is 0.571. The number of carbonyl (C=O) groups is 3. The number of piperidine rings is 1. The van der Waals surface area contributed by atoms with Gasteiger partial charge in [0.15, 0.2) is 0 Å². The van der Waals surface area contributed by atoms with E-state index in [0.717, 1.165) is 24.1 Å². The lowest BCUT2D eigenvalue weighted by Gasteiger charge is -2.29. The fourth-order valence-corrected chi connectivity index (χ4v) is 4.71. The third kappa shape index (κ3) is 3.44. The Labute approximate surface area is 165 Å². The summed E-state index contributed by atoms with van der Waals surface area (Å²) in [5, 5.41) is 9.58. The molecule has 3 atom stereocenters. The largest absolute Gasteiger partial charge is 0.322 e. The number of carbonyl (C=O) groups excluding carboxylic acids is 3. The van der Waals surface area contributed by atoms with Gasteiger partial charge in [0.25, 0.3) is 5.91 Å². The van der Waals surface area contributed by atoms with Gasteiger partial charge in [-0.15, -0.1) is 0 Å². The van der Waals surface area contributed by atoms with E-state index in [0.29, 0.717) is 43.1 Å². The number of hydrogen-bond acceptors (Lipinski definition) is 5. The molecule has 3 aliphatic heterocycles. The summed E-state index contributed by atoms with van der Waals surface area (Å²) in [4.78, 5) is 38.2. The van der Waals surface area contributed by atoms with Crippen LogP contribution < -0.4 is 16.0 Å². The summed E-state index contributed by atoms with van der Waals surface area (Å²) in [6, 6.07) is 6.11. The normalized spacial score (nSPS) is 27.5. The number of amides is 3. The van der Waals surface area contributed by atoms with Crippen LogP contribution in [0.25, 0.3) is 0 Å². The van der Waals surface area contributed by atoms with E-state index in [9.17, 15) is 14.4 Å². The molecule has 3 aliphatic rings. The van der Waals surface area contributed by atoms with Crippen LogP contribution >= 0.6 is 0 Å². The van der Waals surface area contributed by atoms with Crippen molar-refractivity contribution in [2.75, 3.05) is 6.54 Å². The van der Waals surface area contributed by atoms with E-state index in [1.54, 1.807) is 4.90 Å². The lowest BCUT2D eigenvalue weighted by atomic mass is 9.97. The van der Waals surface area contributed by atoms with Crippen LogP contribution in [0.4, 0.5) is 0 Å². The van der Waals surface area contributed by atoms with Gasteiger partial charge < -0.3 is 15.5 Å². The summed E-state index contributed by atoms with van der Waals surface area (Å²) in [5.74, 6) is -0.186. The molecule has 3 heterocycles. The van der Waals surface area contributed by atoms with Crippen molar-refractivity contribution < 1.29 is 14.4 Å². The Morgan fingerprint density at radius 1 is 1.21 bits per heavy atom. The van der Waals surface area contributed by atoms with Gasteiger partial charge in [-0.1, -0.05) is 26.0 Å². The molecule has 3 N–H and O–H groups in total. The lowest BCUT2D eigenvalue weighted by molar-refractivity contribution is -0.136. The zero-order valence-corrected chi connectivity index (χ0v) is 16.5. The number of rotatable bonds is 5. The van der Waals surface area contributed by atoms with Crippen molar-refractivity contribution in [2.45, 2.75) is 64.3 Å². The molecule has 2 fully saturated rings. The molecule has 1 aromatic carbocycles. The summed E-state index contributed by atoms with van der Waals surface area (Å²) >= 11 is 0. The molecule has 2 saturated heterocycles. The van der Waals surface area contributed by atoms with E-state index in [-0.39, 0.29) is 24.1 Å². The molecule has 1 unspecified atom stereocenters. The summed E-state index contributed by atoms with van der Waals surface area (Å²) < 4.78 is 0. The van der Waals surface area contributed by atoms with Crippen LogP contribution in [-0.4, -0.2) is 47.3 Å². The van der Waals surface area contributed by atoms with Crippen LogP contribution in [0.15, 0.2) is 18.2 Å². The predicted molar refractivity (Wildman–Crippen MR) is 104 cm³/mol. The van der Waals surface area contributed by atoms with Gasteiger partial charge in [0, 0.05) is 37.2 Å². The van der Waals surface area contributed by atoms with Crippen LogP contribution in [0.3, 0.4) is 0 Å². The van der Waals surface area contributed by atoms with Crippen LogP contribution in [0.5, 0.6) is 0 Å². The molecule has 150 valence electrons. The number of benzene rings is 1. The molecule has 3 amide bonds. The highest BCUT2D eigenvalue weighted by molar-refractivity contribution is 6.05. The van der Waals surface area contributed by atoms with Gasteiger partial charge in [-0.25, -0.2) is 0 Å². The van der Waals surface area contributed by atoms with Gasteiger partial charge in [0.05, 0.1) is 0 Å². The van der Waals surface area contributed by atoms with E-state index < -0.39 is 6.04 Å². The molecule has 1 aromatic rings. The molecule has 7 nitrogen and oxygen atoms in total. The van der Waals surface area contributed by atoms with Crippen LogP contribution in [0.2, 0.25) is 0 Å². The van der Waals surface area contributed by atoms with E-state index >= 15 is 0 Å². The maximum absolute atomic E-state index is 12.9. The Balaban J connectivity index is 1.48. The quantitative estimate of drug-likeness (QED) is 0.657. The standard InChI is InChI=1S/C21H28N4O3/c1-12(2)19-16(8-9-22-19)23-10-13-4-3-5-14-15(13)11-25(21(14)28)17-6-7-18(26)24-20(17)27/h3-5,12,16-17,19,22-23H,6-11H2,1-2H3,(H,24,26,27)/t16-,17?,19+/m1/s1. The zero-order valence-electron chi connectivity index (χ0n) is 16.5. The third-order valence-corrected chi connectivity index (χ3v) is 6.22. The van der Waals surface area contributed by atoms with E-state index in [2.05, 4.69) is 35.9 Å². The molecular weight excluding hydrogens is 356 g/mol. The first-order valence-corrected chi connectivity index (χ1v) is 10.2.